The number of phenols is 1. The van der Waals surface area contributed by atoms with Gasteiger partial charge in [-0.2, -0.15) is 0 Å². The number of anilines is 1. The molecule has 7 heteroatoms. The van der Waals surface area contributed by atoms with E-state index in [-0.39, 0.29) is 11.6 Å². The summed E-state index contributed by atoms with van der Waals surface area (Å²) in [4.78, 5) is 8.01. The van der Waals surface area contributed by atoms with E-state index < -0.39 is 17.7 Å². The van der Waals surface area contributed by atoms with Crippen molar-refractivity contribution < 1.29 is 13.9 Å². The summed E-state index contributed by atoms with van der Waals surface area (Å²) in [6.07, 6.45) is 2.49. The molecule has 0 aliphatic carbocycles. The van der Waals surface area contributed by atoms with Crippen molar-refractivity contribution in [1.29, 1.82) is 0 Å². The zero-order valence-electron chi connectivity index (χ0n) is 14.4. The second kappa shape index (κ2) is 7.40. The van der Waals surface area contributed by atoms with Crippen molar-refractivity contribution in [1.82, 2.24) is 9.97 Å². The molecule has 4 rings (SSSR count). The van der Waals surface area contributed by atoms with Gasteiger partial charge >= 0.3 is 0 Å². The van der Waals surface area contributed by atoms with Gasteiger partial charge in [-0.05, 0) is 17.7 Å². The lowest BCUT2D eigenvalue weighted by atomic mass is 9.96. The fourth-order valence-electron chi connectivity index (χ4n) is 3.07. The zero-order chi connectivity index (χ0) is 19.7. The Morgan fingerprint density at radius 2 is 1.79 bits per heavy atom. The van der Waals surface area contributed by atoms with Crippen molar-refractivity contribution >= 4 is 28.3 Å². The number of rotatable bonds is 4. The molecule has 4 nitrogen and oxygen atoms in total. The number of nitrogens with zero attached hydrogens (tertiary/aromatic N) is 2. The van der Waals surface area contributed by atoms with Crippen molar-refractivity contribution in [3.05, 3.63) is 94.8 Å². The van der Waals surface area contributed by atoms with Gasteiger partial charge in [0.2, 0.25) is 0 Å². The van der Waals surface area contributed by atoms with Crippen LogP contribution in [-0.4, -0.2) is 15.1 Å². The maximum atomic E-state index is 14.2. The molecule has 2 heterocycles. The smallest absolute Gasteiger partial charge is 0.168 e. The summed E-state index contributed by atoms with van der Waals surface area (Å²) in [6.45, 7) is 0. The van der Waals surface area contributed by atoms with E-state index in [2.05, 4.69) is 15.3 Å². The first-order chi connectivity index (χ1) is 13.5. The molecule has 4 aromatic rings. The van der Waals surface area contributed by atoms with Crippen molar-refractivity contribution in [2.45, 2.75) is 6.04 Å². The highest BCUT2D eigenvalue weighted by Crippen LogP contribution is 2.38. The van der Waals surface area contributed by atoms with Gasteiger partial charge in [0.1, 0.15) is 17.1 Å². The third kappa shape index (κ3) is 3.34. The molecule has 1 unspecified atom stereocenters. The zero-order valence-corrected chi connectivity index (χ0v) is 15.2. The molecule has 0 aliphatic rings. The summed E-state index contributed by atoms with van der Waals surface area (Å²) in [5, 5.41) is 14.9. The average Bonchev–Trinajstić information content (AvgIpc) is 2.69. The molecule has 0 amide bonds. The van der Waals surface area contributed by atoms with Gasteiger partial charge in [0.05, 0.1) is 12.2 Å². The van der Waals surface area contributed by atoms with Crippen LogP contribution in [0.15, 0.2) is 67.0 Å². The number of hydrogen-bond donors (Lipinski definition) is 2. The third-order valence-electron chi connectivity index (χ3n) is 4.40. The lowest BCUT2D eigenvalue weighted by molar-refractivity contribution is 0.471. The first kappa shape index (κ1) is 18.1. The van der Waals surface area contributed by atoms with Gasteiger partial charge in [0, 0.05) is 28.2 Å². The summed E-state index contributed by atoms with van der Waals surface area (Å²) in [6, 6.07) is 14.1. The molecule has 0 saturated heterocycles. The van der Waals surface area contributed by atoms with Crippen LogP contribution in [0.3, 0.4) is 0 Å². The first-order valence-electron chi connectivity index (χ1n) is 8.43. The lowest BCUT2D eigenvalue weighted by Gasteiger charge is -2.23. The minimum atomic E-state index is -0.851. The number of fused-ring (bicyclic) bond motifs is 1. The highest BCUT2D eigenvalue weighted by Gasteiger charge is 2.23. The topological polar surface area (TPSA) is 58.0 Å². The molecule has 0 fully saturated rings. The average molecular weight is 398 g/mol. The van der Waals surface area contributed by atoms with Gasteiger partial charge in [-0.3, -0.25) is 4.98 Å². The van der Waals surface area contributed by atoms with Crippen molar-refractivity contribution in [2.24, 2.45) is 0 Å². The maximum Gasteiger partial charge on any atom is 0.168 e. The molecule has 28 heavy (non-hydrogen) atoms. The standard InChI is InChI=1S/C21H14ClF2N3O/c22-16-6-2-1-5-14(16)19(27-21-17(24)10-13(23)11-26-21)15-8-7-12-4-3-9-25-18(12)20(15)28/h1-11,19,28H,(H,26,27). The van der Waals surface area contributed by atoms with Crippen LogP contribution < -0.4 is 5.32 Å². The Hall–Kier alpha value is -3.25. The summed E-state index contributed by atoms with van der Waals surface area (Å²) >= 11 is 6.36. The van der Waals surface area contributed by atoms with Crippen LogP contribution >= 0.6 is 11.6 Å². The van der Waals surface area contributed by atoms with Gasteiger partial charge < -0.3 is 10.4 Å². The van der Waals surface area contributed by atoms with Crippen LogP contribution in [-0.2, 0) is 0 Å². The Kier molecular flexibility index (Phi) is 4.79. The SMILES string of the molecule is Oc1c(C(Nc2ncc(F)cc2F)c2ccccc2Cl)ccc2cccnc12. The molecule has 2 aromatic heterocycles. The normalized spacial score (nSPS) is 12.1. The van der Waals surface area contributed by atoms with Crippen LogP contribution in [0.5, 0.6) is 5.75 Å². The number of halogens is 3. The van der Waals surface area contributed by atoms with Gasteiger partial charge in [0.25, 0.3) is 0 Å². The lowest BCUT2D eigenvalue weighted by Crippen LogP contribution is -2.15. The first-order valence-corrected chi connectivity index (χ1v) is 8.81. The summed E-state index contributed by atoms with van der Waals surface area (Å²) in [7, 11) is 0. The molecule has 0 radical (unpaired) electrons. The molecule has 2 aromatic carbocycles. The Bertz CT molecular complexity index is 1170. The van der Waals surface area contributed by atoms with Crippen LogP contribution in [0, 0.1) is 11.6 Å². The van der Waals surface area contributed by atoms with Gasteiger partial charge in [-0.15, -0.1) is 0 Å². The molecular weight excluding hydrogens is 384 g/mol. The van der Waals surface area contributed by atoms with Crippen LogP contribution in [0.1, 0.15) is 17.2 Å². The quantitative estimate of drug-likeness (QED) is 0.479. The molecular formula is C21H14ClF2N3O. The number of hydrogen-bond acceptors (Lipinski definition) is 4. The summed E-state index contributed by atoms with van der Waals surface area (Å²) in [5.41, 5.74) is 1.44. The van der Waals surface area contributed by atoms with Crippen molar-refractivity contribution in [2.75, 3.05) is 5.32 Å². The van der Waals surface area contributed by atoms with Gasteiger partial charge in [-0.25, -0.2) is 13.8 Å². The molecule has 0 saturated carbocycles. The Morgan fingerprint density at radius 1 is 0.964 bits per heavy atom. The van der Waals surface area contributed by atoms with E-state index >= 15 is 0 Å². The molecule has 2 N–H and O–H groups in total. The minimum Gasteiger partial charge on any atom is -0.505 e. The Balaban J connectivity index is 1.88. The molecule has 140 valence electrons. The van der Waals surface area contributed by atoms with E-state index in [1.54, 1.807) is 48.7 Å². The second-order valence-electron chi connectivity index (χ2n) is 6.16. The Morgan fingerprint density at radius 3 is 2.57 bits per heavy atom. The van der Waals surface area contributed by atoms with E-state index in [0.717, 1.165) is 17.6 Å². The largest absolute Gasteiger partial charge is 0.505 e. The van der Waals surface area contributed by atoms with Crippen molar-refractivity contribution in [3.63, 3.8) is 0 Å². The maximum absolute atomic E-state index is 14.2. The number of benzene rings is 2. The van der Waals surface area contributed by atoms with Crippen LogP contribution in [0.4, 0.5) is 14.6 Å². The number of phenolic OH excluding ortho intramolecular Hbond substituents is 1. The fraction of sp³-hybridized carbons (Fsp3) is 0.0476. The molecule has 0 aliphatic heterocycles. The predicted octanol–water partition coefficient (Wildman–Crippen LogP) is 5.47. The number of aromatic hydroxyl groups is 1. The fourth-order valence-corrected chi connectivity index (χ4v) is 3.31. The number of aromatic nitrogens is 2. The minimum absolute atomic E-state index is 0.0574. The highest BCUT2D eigenvalue weighted by molar-refractivity contribution is 6.31. The predicted molar refractivity (Wildman–Crippen MR) is 104 cm³/mol. The van der Waals surface area contributed by atoms with E-state index in [9.17, 15) is 13.9 Å². The number of pyridine rings is 2. The Labute approximate surface area is 164 Å². The van der Waals surface area contributed by atoms with Crippen LogP contribution in [0.2, 0.25) is 5.02 Å². The highest BCUT2D eigenvalue weighted by atomic mass is 35.5. The van der Waals surface area contributed by atoms with Gasteiger partial charge in [0.15, 0.2) is 11.6 Å². The number of nitrogens with one attached hydrogen (secondary N) is 1. The van der Waals surface area contributed by atoms with E-state index in [0.29, 0.717) is 21.7 Å². The van der Waals surface area contributed by atoms with Crippen molar-refractivity contribution in [3.8, 4) is 5.75 Å². The molecule has 0 bridgehead atoms. The molecule has 1 atom stereocenters. The third-order valence-corrected chi connectivity index (χ3v) is 4.74. The van der Waals surface area contributed by atoms with Crippen LogP contribution in [0.25, 0.3) is 10.9 Å². The summed E-state index contributed by atoms with van der Waals surface area (Å²) in [5.74, 6) is -1.85. The van der Waals surface area contributed by atoms with E-state index in [1.807, 2.05) is 6.07 Å². The van der Waals surface area contributed by atoms with E-state index in [1.165, 1.54) is 0 Å². The van der Waals surface area contributed by atoms with E-state index in [4.69, 9.17) is 11.6 Å². The molecule has 0 spiro atoms. The summed E-state index contributed by atoms with van der Waals surface area (Å²) < 4.78 is 27.5. The second-order valence-corrected chi connectivity index (χ2v) is 6.57. The van der Waals surface area contributed by atoms with Gasteiger partial charge in [-0.1, -0.05) is 48.0 Å². The monoisotopic (exact) mass is 397 g/mol.